The van der Waals surface area contributed by atoms with Crippen molar-refractivity contribution in [2.75, 3.05) is 6.54 Å². The molecule has 0 aliphatic heterocycles. The van der Waals surface area contributed by atoms with E-state index in [2.05, 4.69) is 30.5 Å². The average Bonchev–Trinajstić information content (AvgIpc) is 2.75. The first-order valence-electron chi connectivity index (χ1n) is 7.84. The first-order valence-corrected chi connectivity index (χ1v) is 7.84. The van der Waals surface area contributed by atoms with Crippen LogP contribution >= 0.6 is 0 Å². The van der Waals surface area contributed by atoms with Gasteiger partial charge in [-0.15, -0.1) is 0 Å². The number of nitrogens with zero attached hydrogens (tertiary/aromatic N) is 2. The van der Waals surface area contributed by atoms with Gasteiger partial charge in [0.1, 0.15) is 0 Å². The Hall–Kier alpha value is -0.830. The van der Waals surface area contributed by atoms with Gasteiger partial charge in [0, 0.05) is 19.3 Å². The number of nitrogens with one attached hydrogen (secondary N) is 1. The fourth-order valence-electron chi connectivity index (χ4n) is 3.38. The third-order valence-electron chi connectivity index (χ3n) is 4.19. The molecule has 1 N–H and O–H groups in total. The van der Waals surface area contributed by atoms with Crippen LogP contribution in [0.15, 0.2) is 12.4 Å². The molecule has 0 aromatic carbocycles. The Balaban J connectivity index is 1.67. The lowest BCUT2D eigenvalue weighted by atomic mass is 9.81. The molecule has 0 spiro atoms. The summed E-state index contributed by atoms with van der Waals surface area (Å²) in [5, 5.41) is 7.96. The van der Waals surface area contributed by atoms with Gasteiger partial charge in [-0.05, 0) is 49.6 Å². The van der Waals surface area contributed by atoms with Gasteiger partial charge in [-0.25, -0.2) is 0 Å². The normalized spacial score (nSPS) is 24.0. The summed E-state index contributed by atoms with van der Waals surface area (Å²) >= 11 is 0. The van der Waals surface area contributed by atoms with Crippen molar-refractivity contribution in [2.24, 2.45) is 18.9 Å². The molecule has 2 rings (SSSR count). The molecule has 0 saturated heterocycles. The van der Waals surface area contributed by atoms with Crippen LogP contribution in [-0.4, -0.2) is 22.4 Å². The van der Waals surface area contributed by atoms with E-state index in [0.717, 1.165) is 30.8 Å². The summed E-state index contributed by atoms with van der Waals surface area (Å²) in [6, 6.07) is 0.745. The lowest BCUT2D eigenvalue weighted by Gasteiger charge is -2.30. The molecule has 1 aromatic rings. The molecule has 1 saturated carbocycles. The number of hydrogen-bond donors (Lipinski definition) is 1. The van der Waals surface area contributed by atoms with E-state index in [1.807, 2.05) is 17.9 Å². The van der Waals surface area contributed by atoms with Crippen molar-refractivity contribution < 1.29 is 0 Å². The molecule has 108 valence electrons. The zero-order valence-electron chi connectivity index (χ0n) is 12.7. The highest BCUT2D eigenvalue weighted by molar-refractivity contribution is 5.03. The third kappa shape index (κ3) is 4.98. The van der Waals surface area contributed by atoms with Crippen LogP contribution in [0.2, 0.25) is 0 Å². The fourth-order valence-corrected chi connectivity index (χ4v) is 3.38. The van der Waals surface area contributed by atoms with Gasteiger partial charge in [0.2, 0.25) is 0 Å². The zero-order valence-corrected chi connectivity index (χ0v) is 12.7. The maximum atomic E-state index is 4.22. The number of rotatable bonds is 6. The van der Waals surface area contributed by atoms with Gasteiger partial charge in [0.05, 0.1) is 6.20 Å². The molecule has 1 aromatic heterocycles. The van der Waals surface area contributed by atoms with Crippen molar-refractivity contribution in [2.45, 2.75) is 58.4 Å². The molecule has 1 heterocycles. The van der Waals surface area contributed by atoms with Gasteiger partial charge in [0.15, 0.2) is 0 Å². The van der Waals surface area contributed by atoms with E-state index in [0.29, 0.717) is 0 Å². The van der Waals surface area contributed by atoms with Crippen molar-refractivity contribution in [3.63, 3.8) is 0 Å². The van der Waals surface area contributed by atoms with E-state index >= 15 is 0 Å². The molecule has 19 heavy (non-hydrogen) atoms. The van der Waals surface area contributed by atoms with E-state index in [-0.39, 0.29) is 0 Å². The van der Waals surface area contributed by atoms with Crippen LogP contribution in [0.5, 0.6) is 0 Å². The zero-order chi connectivity index (χ0) is 13.7. The predicted molar refractivity (Wildman–Crippen MR) is 80.1 cm³/mol. The molecule has 1 fully saturated rings. The van der Waals surface area contributed by atoms with Gasteiger partial charge in [-0.1, -0.05) is 26.7 Å². The maximum absolute atomic E-state index is 4.22. The number of aryl methyl sites for hydroxylation is 1. The van der Waals surface area contributed by atoms with Gasteiger partial charge in [0.25, 0.3) is 0 Å². The van der Waals surface area contributed by atoms with Crippen LogP contribution < -0.4 is 5.32 Å². The minimum absolute atomic E-state index is 0.745. The van der Waals surface area contributed by atoms with Gasteiger partial charge in [-0.3, -0.25) is 4.68 Å². The Bertz CT molecular complexity index is 370. The maximum Gasteiger partial charge on any atom is 0.0522 e. The summed E-state index contributed by atoms with van der Waals surface area (Å²) < 4.78 is 1.88. The summed E-state index contributed by atoms with van der Waals surface area (Å²) in [6.07, 6.45) is 12.2. The minimum atomic E-state index is 0.745. The SMILES string of the molecule is CC(C)CC1CCCC(NCCc2cnn(C)c2)C1. The Morgan fingerprint density at radius 2 is 2.26 bits per heavy atom. The molecule has 1 aliphatic rings. The standard InChI is InChI=1S/C16H29N3/c1-13(2)9-14-5-4-6-16(10-14)17-8-7-15-11-18-19(3)12-15/h11-14,16-17H,4-10H2,1-3H3. The van der Waals surface area contributed by atoms with Crippen LogP contribution in [0.3, 0.4) is 0 Å². The molecular weight excluding hydrogens is 234 g/mol. The summed E-state index contributed by atoms with van der Waals surface area (Å²) in [5.41, 5.74) is 1.34. The molecule has 2 atom stereocenters. The van der Waals surface area contributed by atoms with Crippen molar-refractivity contribution in [3.8, 4) is 0 Å². The molecule has 0 amide bonds. The van der Waals surface area contributed by atoms with Crippen molar-refractivity contribution >= 4 is 0 Å². The molecule has 3 nitrogen and oxygen atoms in total. The Morgan fingerprint density at radius 3 is 2.95 bits per heavy atom. The molecular formula is C16H29N3. The van der Waals surface area contributed by atoms with Crippen LogP contribution in [0.1, 0.15) is 51.5 Å². The second-order valence-electron chi connectivity index (χ2n) is 6.59. The molecule has 0 radical (unpaired) electrons. The highest BCUT2D eigenvalue weighted by Gasteiger charge is 2.21. The third-order valence-corrected chi connectivity index (χ3v) is 4.19. The summed E-state index contributed by atoms with van der Waals surface area (Å²) in [7, 11) is 1.98. The Labute approximate surface area is 117 Å². The number of hydrogen-bond acceptors (Lipinski definition) is 2. The van der Waals surface area contributed by atoms with Gasteiger partial charge in [-0.2, -0.15) is 5.10 Å². The average molecular weight is 263 g/mol. The predicted octanol–water partition coefficient (Wildman–Crippen LogP) is 3.16. The van der Waals surface area contributed by atoms with E-state index in [1.54, 1.807) is 0 Å². The van der Waals surface area contributed by atoms with Crippen LogP contribution in [0.25, 0.3) is 0 Å². The molecule has 2 unspecified atom stereocenters. The quantitative estimate of drug-likeness (QED) is 0.854. The first-order chi connectivity index (χ1) is 9.13. The lowest BCUT2D eigenvalue weighted by molar-refractivity contribution is 0.253. The van der Waals surface area contributed by atoms with E-state index in [1.165, 1.54) is 37.7 Å². The summed E-state index contributed by atoms with van der Waals surface area (Å²) in [5.74, 6) is 1.80. The van der Waals surface area contributed by atoms with Crippen molar-refractivity contribution in [1.29, 1.82) is 0 Å². The van der Waals surface area contributed by atoms with E-state index in [4.69, 9.17) is 0 Å². The molecule has 1 aliphatic carbocycles. The van der Waals surface area contributed by atoms with Crippen LogP contribution in [-0.2, 0) is 13.5 Å². The van der Waals surface area contributed by atoms with Crippen molar-refractivity contribution in [3.05, 3.63) is 18.0 Å². The van der Waals surface area contributed by atoms with E-state index in [9.17, 15) is 0 Å². The highest BCUT2D eigenvalue weighted by Crippen LogP contribution is 2.29. The van der Waals surface area contributed by atoms with Crippen LogP contribution in [0, 0.1) is 11.8 Å². The highest BCUT2D eigenvalue weighted by atomic mass is 15.2. The lowest BCUT2D eigenvalue weighted by Crippen LogP contribution is -2.35. The first kappa shape index (κ1) is 14.6. The summed E-state index contributed by atoms with van der Waals surface area (Å²) in [6.45, 7) is 5.78. The van der Waals surface area contributed by atoms with Crippen molar-refractivity contribution in [1.82, 2.24) is 15.1 Å². The molecule has 3 heteroatoms. The van der Waals surface area contributed by atoms with Gasteiger partial charge >= 0.3 is 0 Å². The van der Waals surface area contributed by atoms with Crippen LogP contribution in [0.4, 0.5) is 0 Å². The second-order valence-corrected chi connectivity index (χ2v) is 6.59. The van der Waals surface area contributed by atoms with E-state index < -0.39 is 0 Å². The Morgan fingerprint density at radius 1 is 1.42 bits per heavy atom. The fraction of sp³-hybridized carbons (Fsp3) is 0.812. The van der Waals surface area contributed by atoms with Gasteiger partial charge < -0.3 is 5.32 Å². The minimum Gasteiger partial charge on any atom is -0.314 e. The summed E-state index contributed by atoms with van der Waals surface area (Å²) in [4.78, 5) is 0. The monoisotopic (exact) mass is 263 g/mol. The topological polar surface area (TPSA) is 29.9 Å². The second kappa shape index (κ2) is 7.09. The Kier molecular flexibility index (Phi) is 5.44. The molecule has 0 bridgehead atoms. The smallest absolute Gasteiger partial charge is 0.0522 e. The largest absolute Gasteiger partial charge is 0.314 e. The number of aromatic nitrogens is 2.